The first kappa shape index (κ1) is 34.2. The van der Waals surface area contributed by atoms with Gasteiger partial charge in [0.2, 0.25) is 0 Å². The number of likely N-dealkylation sites (tertiary alicyclic amines) is 1. The first-order valence-corrected chi connectivity index (χ1v) is 16.1. The number of hydrogen-bond donors (Lipinski definition) is 0. The van der Waals surface area contributed by atoms with Crippen LogP contribution in [-0.2, 0) is 38.6 Å². The van der Waals surface area contributed by atoms with E-state index in [1.54, 1.807) is 7.11 Å². The lowest BCUT2D eigenvalue weighted by atomic mass is 9.58. The van der Waals surface area contributed by atoms with Gasteiger partial charge in [0.1, 0.15) is 12.4 Å². The minimum Gasteiger partial charge on any atom is -0.491 e. The Morgan fingerprint density at radius 3 is 1.79 bits per heavy atom. The average molecular weight is 608 g/mol. The summed E-state index contributed by atoms with van der Waals surface area (Å²) in [4.78, 5) is 16.0. The lowest BCUT2D eigenvalue weighted by molar-refractivity contribution is -0.0199. The fraction of sp³-hybridized carbons (Fsp3) is 0.788. The van der Waals surface area contributed by atoms with E-state index in [-0.39, 0.29) is 17.2 Å². The number of carbonyl (C=O) groups excluding carboxylic acids is 1. The minimum atomic E-state index is -0.00692. The van der Waals surface area contributed by atoms with Crippen LogP contribution in [0.4, 0.5) is 0 Å². The molecule has 4 rings (SSSR count). The van der Waals surface area contributed by atoms with Crippen LogP contribution in [0.2, 0.25) is 0 Å². The van der Waals surface area contributed by atoms with Crippen LogP contribution in [-0.4, -0.2) is 129 Å². The lowest BCUT2D eigenvalue weighted by Crippen LogP contribution is -2.61. The maximum Gasteiger partial charge on any atom is 0.180 e. The van der Waals surface area contributed by atoms with E-state index in [0.717, 1.165) is 42.3 Å². The first-order valence-electron chi connectivity index (χ1n) is 16.1. The second kappa shape index (κ2) is 18.4. The van der Waals surface area contributed by atoms with Crippen molar-refractivity contribution in [2.75, 3.05) is 113 Å². The van der Waals surface area contributed by atoms with E-state index in [9.17, 15) is 4.79 Å². The largest absolute Gasteiger partial charge is 0.491 e. The highest BCUT2D eigenvalue weighted by molar-refractivity contribution is 6.03. The molecule has 0 unspecified atom stereocenters. The maximum atomic E-state index is 13.5. The van der Waals surface area contributed by atoms with Gasteiger partial charge in [-0.05, 0) is 66.8 Å². The predicted octanol–water partition coefficient (Wildman–Crippen LogP) is 3.39. The van der Waals surface area contributed by atoms with Crippen molar-refractivity contribution in [1.29, 1.82) is 0 Å². The highest BCUT2D eigenvalue weighted by Gasteiger charge is 2.53. The number of nitrogens with zero attached hydrogens (tertiary/aromatic N) is 1. The summed E-state index contributed by atoms with van der Waals surface area (Å²) in [6.45, 7) is 14.0. The van der Waals surface area contributed by atoms with Crippen molar-refractivity contribution in [3.05, 3.63) is 29.3 Å². The molecule has 0 spiro atoms. The Kier molecular flexibility index (Phi) is 14.6. The molecule has 10 nitrogen and oxygen atoms in total. The van der Waals surface area contributed by atoms with Crippen LogP contribution in [0.3, 0.4) is 0 Å². The van der Waals surface area contributed by atoms with Gasteiger partial charge in [0.25, 0.3) is 0 Å². The molecule has 3 atom stereocenters. The second-order valence-electron chi connectivity index (χ2n) is 11.9. The van der Waals surface area contributed by atoms with E-state index < -0.39 is 0 Å². The molecule has 0 radical (unpaired) electrons. The summed E-state index contributed by atoms with van der Waals surface area (Å²) in [5.41, 5.74) is 2.02. The molecule has 0 amide bonds. The minimum absolute atomic E-state index is 0.00692. The Bertz CT molecular complexity index is 958. The Morgan fingerprint density at radius 1 is 0.767 bits per heavy atom. The van der Waals surface area contributed by atoms with Crippen molar-refractivity contribution in [1.82, 2.24) is 4.90 Å². The summed E-state index contributed by atoms with van der Waals surface area (Å²) in [6.07, 6.45) is 3.70. The Hall–Kier alpha value is -1.63. The van der Waals surface area contributed by atoms with Crippen LogP contribution in [0, 0.1) is 11.8 Å². The van der Waals surface area contributed by atoms with Gasteiger partial charge in [-0.25, -0.2) is 0 Å². The van der Waals surface area contributed by atoms with Gasteiger partial charge in [0.15, 0.2) is 5.78 Å². The van der Waals surface area contributed by atoms with E-state index in [1.807, 2.05) is 12.1 Å². The Morgan fingerprint density at radius 2 is 1.28 bits per heavy atom. The van der Waals surface area contributed by atoms with Crippen LogP contribution < -0.4 is 4.74 Å². The van der Waals surface area contributed by atoms with Gasteiger partial charge < -0.3 is 37.9 Å². The molecule has 1 saturated carbocycles. The van der Waals surface area contributed by atoms with Crippen molar-refractivity contribution in [2.24, 2.45) is 11.8 Å². The van der Waals surface area contributed by atoms with Crippen LogP contribution in [0.15, 0.2) is 18.2 Å². The molecule has 1 heterocycles. The van der Waals surface area contributed by atoms with Crippen LogP contribution in [0.5, 0.6) is 5.75 Å². The normalized spacial score (nSPS) is 23.5. The fourth-order valence-electron chi connectivity index (χ4n) is 6.04. The van der Waals surface area contributed by atoms with Gasteiger partial charge in [0, 0.05) is 19.2 Å². The summed E-state index contributed by atoms with van der Waals surface area (Å²) in [6, 6.07) is 6.02. The maximum absolute atomic E-state index is 13.5. The highest BCUT2D eigenvalue weighted by Crippen LogP contribution is 2.50. The van der Waals surface area contributed by atoms with Gasteiger partial charge in [-0.15, -0.1) is 0 Å². The Labute approximate surface area is 257 Å². The molecule has 1 aromatic carbocycles. The molecule has 10 heteroatoms. The third kappa shape index (κ3) is 10.5. The second-order valence-corrected chi connectivity index (χ2v) is 11.9. The summed E-state index contributed by atoms with van der Waals surface area (Å²) in [5, 5.41) is 0. The number of carbonyl (C=O) groups is 1. The van der Waals surface area contributed by atoms with Crippen molar-refractivity contribution in [3.63, 3.8) is 0 Å². The lowest BCUT2D eigenvalue weighted by Gasteiger charge is -2.53. The molecule has 244 valence electrons. The number of methoxy groups -OCH3 is 1. The molecule has 1 aliphatic heterocycles. The number of Topliss-reactive ketones (excluding diaryl/α,β-unsaturated/α-hetero) is 1. The van der Waals surface area contributed by atoms with Gasteiger partial charge in [0.05, 0.1) is 91.9 Å². The quantitative estimate of drug-likeness (QED) is 0.163. The van der Waals surface area contributed by atoms with Crippen molar-refractivity contribution in [3.8, 4) is 5.75 Å². The molecular weight excluding hydrogens is 554 g/mol. The van der Waals surface area contributed by atoms with E-state index in [1.165, 1.54) is 12.8 Å². The Balaban J connectivity index is 0.989. The van der Waals surface area contributed by atoms with Crippen molar-refractivity contribution < 1.29 is 42.7 Å². The van der Waals surface area contributed by atoms with Gasteiger partial charge >= 0.3 is 0 Å². The van der Waals surface area contributed by atoms with Crippen molar-refractivity contribution >= 4 is 5.78 Å². The summed E-state index contributed by atoms with van der Waals surface area (Å²) >= 11 is 0. The molecule has 0 aromatic heterocycles. The van der Waals surface area contributed by atoms with Crippen LogP contribution in [0.25, 0.3) is 0 Å². The number of ether oxygens (including phenoxy) is 8. The number of ketones is 1. The number of fused-ring (bicyclic) bond motifs is 4. The summed E-state index contributed by atoms with van der Waals surface area (Å²) in [7, 11) is 1.65. The fourth-order valence-corrected chi connectivity index (χ4v) is 6.04. The average Bonchev–Trinajstić information content (AvgIpc) is 3.83. The van der Waals surface area contributed by atoms with Crippen molar-refractivity contribution in [2.45, 2.75) is 44.6 Å². The number of benzene rings is 1. The zero-order valence-corrected chi connectivity index (χ0v) is 26.5. The summed E-state index contributed by atoms with van der Waals surface area (Å²) in [5.74, 6) is 2.17. The predicted molar refractivity (Wildman–Crippen MR) is 162 cm³/mol. The number of hydrogen-bond acceptors (Lipinski definition) is 10. The third-order valence-electron chi connectivity index (χ3n) is 8.91. The molecule has 2 fully saturated rings. The molecule has 2 aliphatic carbocycles. The molecule has 2 bridgehead atoms. The molecule has 1 aromatic rings. The molecule has 1 saturated heterocycles. The van der Waals surface area contributed by atoms with Crippen LogP contribution >= 0.6 is 0 Å². The highest BCUT2D eigenvalue weighted by atomic mass is 16.6. The topological polar surface area (TPSA) is 94.2 Å². The molecule has 0 N–H and O–H groups in total. The summed E-state index contributed by atoms with van der Waals surface area (Å²) < 4.78 is 43.8. The molecule has 3 aliphatic rings. The molecular formula is C33H53NO9. The SMILES string of the molecule is COCCOCCOCCOCCOCCOCCOCCOc1ccc2c(c1)[C@]1(C)CCN(CC3CC3)[C@H](C2=O)[C@@H]1C. The van der Waals surface area contributed by atoms with Gasteiger partial charge in [-0.3, -0.25) is 9.69 Å². The van der Waals surface area contributed by atoms with E-state index in [0.29, 0.717) is 98.4 Å². The number of rotatable bonds is 24. The monoisotopic (exact) mass is 607 g/mol. The standard InChI is InChI=1S/C33H53NO9/c1-26-31-32(35)29-7-6-28(24-30(29)33(26,2)8-9-34(31)25-27-4-5-27)43-23-22-42-21-20-41-19-18-40-17-16-39-15-14-38-13-12-37-11-10-36-3/h6-7,24,26-27,31H,4-5,8-23,25H2,1-3H3/t26-,31-,33+/m0/s1. The van der Waals surface area contributed by atoms with Gasteiger partial charge in [-0.2, -0.15) is 0 Å². The van der Waals surface area contributed by atoms with Crippen LogP contribution in [0.1, 0.15) is 49.0 Å². The molecule has 43 heavy (non-hydrogen) atoms. The number of piperidine rings is 1. The van der Waals surface area contributed by atoms with Gasteiger partial charge in [-0.1, -0.05) is 13.8 Å². The van der Waals surface area contributed by atoms with E-state index in [2.05, 4.69) is 24.8 Å². The third-order valence-corrected chi connectivity index (χ3v) is 8.91. The zero-order chi connectivity index (χ0) is 30.3. The van der Waals surface area contributed by atoms with E-state index in [4.69, 9.17) is 37.9 Å². The smallest absolute Gasteiger partial charge is 0.180 e. The van der Waals surface area contributed by atoms with E-state index >= 15 is 0 Å². The zero-order valence-electron chi connectivity index (χ0n) is 26.5. The first-order chi connectivity index (χ1) is 21.0.